The zero-order valence-corrected chi connectivity index (χ0v) is 14.4. The van der Waals surface area contributed by atoms with Crippen molar-refractivity contribution in [2.24, 2.45) is 5.92 Å². The summed E-state index contributed by atoms with van der Waals surface area (Å²) < 4.78 is 5.52. The van der Waals surface area contributed by atoms with Gasteiger partial charge in [-0.3, -0.25) is 14.6 Å². The molecule has 2 atom stereocenters. The van der Waals surface area contributed by atoms with Crippen LogP contribution >= 0.6 is 11.3 Å². The molecule has 132 valence electrons. The highest BCUT2D eigenvalue weighted by molar-refractivity contribution is 7.13. The second-order valence-electron chi connectivity index (χ2n) is 5.82. The van der Waals surface area contributed by atoms with Gasteiger partial charge in [-0.15, -0.1) is 10.2 Å². The number of nitrogens with zero attached hydrogens (tertiary/aromatic N) is 3. The van der Waals surface area contributed by atoms with Crippen molar-refractivity contribution < 1.29 is 14.3 Å². The molecular weight excluding hydrogens is 342 g/mol. The van der Waals surface area contributed by atoms with E-state index in [1.165, 1.54) is 22.4 Å². The van der Waals surface area contributed by atoms with E-state index in [0.29, 0.717) is 18.3 Å². The molecular formula is C16H19N5O3S. The first-order valence-corrected chi connectivity index (χ1v) is 8.90. The summed E-state index contributed by atoms with van der Waals surface area (Å²) in [6.45, 7) is 1.11. The van der Waals surface area contributed by atoms with Gasteiger partial charge in [0.2, 0.25) is 16.9 Å². The van der Waals surface area contributed by atoms with Crippen LogP contribution in [0.4, 0.5) is 5.13 Å². The van der Waals surface area contributed by atoms with Crippen LogP contribution in [0.25, 0.3) is 0 Å². The summed E-state index contributed by atoms with van der Waals surface area (Å²) in [5.41, 5.74) is 2.70. The molecule has 2 aromatic rings. The van der Waals surface area contributed by atoms with Crippen LogP contribution in [0, 0.1) is 5.92 Å². The molecule has 1 fully saturated rings. The Bertz CT molecular complexity index is 695. The Morgan fingerprint density at radius 3 is 2.76 bits per heavy atom. The molecule has 0 spiro atoms. The molecule has 2 amide bonds. The van der Waals surface area contributed by atoms with Gasteiger partial charge in [0.05, 0.1) is 19.3 Å². The Balaban J connectivity index is 1.42. The number of aromatic nitrogens is 3. The Kier molecular flexibility index (Phi) is 6.02. The predicted octanol–water partition coefficient (Wildman–Crippen LogP) is 1.03. The third-order valence-corrected chi connectivity index (χ3v) is 4.58. The molecule has 3 heterocycles. The molecule has 0 radical (unpaired) electrons. The molecule has 25 heavy (non-hydrogen) atoms. The number of pyridine rings is 1. The second-order valence-corrected chi connectivity index (χ2v) is 6.66. The minimum Gasteiger partial charge on any atom is -0.379 e. The van der Waals surface area contributed by atoms with Gasteiger partial charge in [-0.2, -0.15) is 0 Å². The van der Waals surface area contributed by atoms with Gasteiger partial charge in [-0.25, -0.2) is 0 Å². The zero-order valence-electron chi connectivity index (χ0n) is 13.6. The van der Waals surface area contributed by atoms with Crippen LogP contribution in [0.5, 0.6) is 0 Å². The topological polar surface area (TPSA) is 106 Å². The number of anilines is 1. The van der Waals surface area contributed by atoms with E-state index in [-0.39, 0.29) is 36.6 Å². The van der Waals surface area contributed by atoms with Gasteiger partial charge in [-0.1, -0.05) is 11.3 Å². The molecule has 1 aliphatic heterocycles. The third-order valence-electron chi connectivity index (χ3n) is 3.98. The average molecular weight is 361 g/mol. The van der Waals surface area contributed by atoms with Gasteiger partial charge < -0.3 is 15.4 Å². The maximum Gasteiger partial charge on any atom is 0.226 e. The average Bonchev–Trinajstić information content (AvgIpc) is 3.27. The van der Waals surface area contributed by atoms with E-state index >= 15 is 0 Å². The molecule has 2 aromatic heterocycles. The van der Waals surface area contributed by atoms with Gasteiger partial charge in [0, 0.05) is 31.2 Å². The zero-order chi connectivity index (χ0) is 17.5. The molecule has 8 nitrogen and oxygen atoms in total. The standard InChI is InChI=1S/C16H19N5O3S/c22-14(1-2-15(23)20-16-21-18-10-25-16)19-13-9-24-8-12(13)7-11-3-5-17-6-4-11/h3-6,10,12-13H,1-2,7-9H2,(H,19,22)(H,20,21,23)/t12-,13+/m1/s1. The summed E-state index contributed by atoms with van der Waals surface area (Å²) in [6.07, 6.45) is 4.58. The smallest absolute Gasteiger partial charge is 0.226 e. The third kappa shape index (κ3) is 5.30. The normalized spacial score (nSPS) is 19.5. The summed E-state index contributed by atoms with van der Waals surface area (Å²) in [6, 6.07) is 3.90. The minimum atomic E-state index is -0.247. The van der Waals surface area contributed by atoms with Crippen LogP contribution in [0.1, 0.15) is 18.4 Å². The Hall–Kier alpha value is -2.39. The van der Waals surface area contributed by atoms with Crippen LogP contribution in [-0.2, 0) is 20.7 Å². The largest absolute Gasteiger partial charge is 0.379 e. The molecule has 0 unspecified atom stereocenters. The van der Waals surface area contributed by atoms with Gasteiger partial charge in [0.15, 0.2) is 0 Å². The number of nitrogens with one attached hydrogen (secondary N) is 2. The van der Waals surface area contributed by atoms with Gasteiger partial charge in [0.1, 0.15) is 5.51 Å². The summed E-state index contributed by atoms with van der Waals surface area (Å²) >= 11 is 1.24. The van der Waals surface area contributed by atoms with Crippen molar-refractivity contribution in [3.63, 3.8) is 0 Å². The summed E-state index contributed by atoms with van der Waals surface area (Å²) in [5.74, 6) is -0.174. The van der Waals surface area contributed by atoms with Crippen molar-refractivity contribution in [1.82, 2.24) is 20.5 Å². The van der Waals surface area contributed by atoms with E-state index in [1.54, 1.807) is 12.4 Å². The molecule has 0 aliphatic carbocycles. The van der Waals surface area contributed by atoms with E-state index in [4.69, 9.17) is 4.74 Å². The lowest BCUT2D eigenvalue weighted by Crippen LogP contribution is -2.40. The summed E-state index contributed by atoms with van der Waals surface area (Å²) in [4.78, 5) is 27.9. The van der Waals surface area contributed by atoms with Crippen molar-refractivity contribution in [3.8, 4) is 0 Å². The first-order valence-electron chi connectivity index (χ1n) is 8.03. The maximum atomic E-state index is 12.1. The van der Waals surface area contributed by atoms with Crippen LogP contribution in [-0.4, -0.2) is 46.3 Å². The van der Waals surface area contributed by atoms with Crippen molar-refractivity contribution in [1.29, 1.82) is 0 Å². The first kappa shape index (κ1) is 17.4. The molecule has 0 saturated carbocycles. The van der Waals surface area contributed by atoms with E-state index in [2.05, 4.69) is 25.8 Å². The summed E-state index contributed by atoms with van der Waals surface area (Å²) in [7, 11) is 0. The Morgan fingerprint density at radius 2 is 2.00 bits per heavy atom. The molecule has 1 aliphatic rings. The number of carbonyl (C=O) groups is 2. The van der Waals surface area contributed by atoms with Crippen molar-refractivity contribution >= 4 is 28.3 Å². The number of hydrogen-bond donors (Lipinski definition) is 2. The van der Waals surface area contributed by atoms with E-state index < -0.39 is 0 Å². The van der Waals surface area contributed by atoms with Crippen molar-refractivity contribution in [2.45, 2.75) is 25.3 Å². The minimum absolute atomic E-state index is 0.0353. The van der Waals surface area contributed by atoms with Gasteiger partial charge >= 0.3 is 0 Å². The van der Waals surface area contributed by atoms with E-state index in [1.807, 2.05) is 12.1 Å². The molecule has 2 N–H and O–H groups in total. The quantitative estimate of drug-likeness (QED) is 0.763. The predicted molar refractivity (Wildman–Crippen MR) is 92.0 cm³/mol. The number of carbonyl (C=O) groups excluding carboxylic acids is 2. The molecule has 0 bridgehead atoms. The van der Waals surface area contributed by atoms with E-state index in [9.17, 15) is 9.59 Å². The number of amides is 2. The highest BCUT2D eigenvalue weighted by Gasteiger charge is 2.29. The molecule has 1 saturated heterocycles. The fourth-order valence-corrected chi connectivity index (χ4v) is 3.16. The second kappa shape index (κ2) is 8.63. The number of rotatable bonds is 7. The van der Waals surface area contributed by atoms with Gasteiger partial charge in [-0.05, 0) is 24.1 Å². The number of ether oxygens (including phenoxy) is 1. The maximum absolute atomic E-state index is 12.1. The highest BCUT2D eigenvalue weighted by Crippen LogP contribution is 2.19. The lowest BCUT2D eigenvalue weighted by atomic mass is 9.95. The van der Waals surface area contributed by atoms with Crippen molar-refractivity contribution in [3.05, 3.63) is 35.6 Å². The van der Waals surface area contributed by atoms with Gasteiger partial charge in [0.25, 0.3) is 0 Å². The molecule has 9 heteroatoms. The lowest BCUT2D eigenvalue weighted by molar-refractivity contribution is -0.125. The monoisotopic (exact) mass is 361 g/mol. The fourth-order valence-electron chi connectivity index (χ4n) is 2.70. The Morgan fingerprint density at radius 1 is 1.20 bits per heavy atom. The molecule has 0 aromatic carbocycles. The SMILES string of the molecule is O=C(CCC(=O)N[C@H]1COC[C@H]1Cc1ccncc1)Nc1nncs1. The molecule has 3 rings (SSSR count). The van der Waals surface area contributed by atoms with Crippen LogP contribution in [0.15, 0.2) is 30.0 Å². The van der Waals surface area contributed by atoms with Crippen molar-refractivity contribution in [2.75, 3.05) is 18.5 Å². The van der Waals surface area contributed by atoms with Crippen LogP contribution < -0.4 is 10.6 Å². The lowest BCUT2D eigenvalue weighted by Gasteiger charge is -2.19. The van der Waals surface area contributed by atoms with Crippen LogP contribution in [0.2, 0.25) is 0 Å². The Labute approximate surface area is 149 Å². The summed E-state index contributed by atoms with van der Waals surface area (Å²) in [5, 5.41) is 13.4. The fraction of sp³-hybridized carbons (Fsp3) is 0.438. The first-order chi connectivity index (χ1) is 12.2. The van der Waals surface area contributed by atoms with E-state index in [0.717, 1.165) is 6.42 Å². The van der Waals surface area contributed by atoms with Crippen LogP contribution in [0.3, 0.4) is 0 Å². The number of hydrogen-bond acceptors (Lipinski definition) is 7. The highest BCUT2D eigenvalue weighted by atomic mass is 32.1.